The van der Waals surface area contributed by atoms with Crippen molar-refractivity contribution in [3.05, 3.63) is 66.0 Å². The van der Waals surface area contributed by atoms with Crippen LogP contribution in [0.4, 0.5) is 10.2 Å². The fourth-order valence-corrected chi connectivity index (χ4v) is 2.61. The average molecular weight is 366 g/mol. The molecule has 0 saturated heterocycles. The number of carbonyl (C=O) groups is 1. The highest BCUT2D eigenvalue weighted by atomic mass is 19.1. The number of amides is 1. The zero-order valence-electron chi connectivity index (χ0n) is 15.1. The number of carbonyl (C=O) groups excluding carboxylic acids is 1. The average Bonchev–Trinajstić information content (AvgIpc) is 2.68. The summed E-state index contributed by atoms with van der Waals surface area (Å²) in [6.45, 7) is 1.99. The third-order valence-corrected chi connectivity index (χ3v) is 4.15. The molecule has 0 atom stereocenters. The predicted octanol–water partition coefficient (Wildman–Crippen LogP) is 3.57. The summed E-state index contributed by atoms with van der Waals surface area (Å²) in [6.07, 6.45) is 5.76. The van der Waals surface area contributed by atoms with Gasteiger partial charge in [-0.1, -0.05) is 0 Å². The van der Waals surface area contributed by atoms with E-state index in [-0.39, 0.29) is 11.7 Å². The Bertz CT molecular complexity index is 962. The Morgan fingerprint density at radius 3 is 2.85 bits per heavy atom. The summed E-state index contributed by atoms with van der Waals surface area (Å²) in [5.74, 6) is -0.0890. The molecule has 0 aliphatic heterocycles. The predicted molar refractivity (Wildman–Crippen MR) is 99.9 cm³/mol. The molecule has 27 heavy (non-hydrogen) atoms. The number of nitrogens with one attached hydrogen (secondary N) is 1. The van der Waals surface area contributed by atoms with Crippen molar-refractivity contribution >= 4 is 11.7 Å². The largest absolute Gasteiger partial charge is 0.494 e. The van der Waals surface area contributed by atoms with Crippen LogP contribution in [-0.4, -0.2) is 28.0 Å². The minimum atomic E-state index is -0.450. The van der Waals surface area contributed by atoms with Crippen molar-refractivity contribution < 1.29 is 13.9 Å². The zero-order chi connectivity index (χ0) is 19.2. The minimum absolute atomic E-state index is 0.128. The van der Waals surface area contributed by atoms with Gasteiger partial charge in [0.15, 0.2) is 11.6 Å². The van der Waals surface area contributed by atoms with E-state index in [1.807, 2.05) is 13.0 Å². The van der Waals surface area contributed by atoms with Crippen LogP contribution in [0.1, 0.15) is 17.5 Å². The maximum absolute atomic E-state index is 13.6. The molecule has 3 aromatic rings. The van der Waals surface area contributed by atoms with Gasteiger partial charge in [-0.25, -0.2) is 14.4 Å². The number of nitrogens with zero attached hydrogens (tertiary/aromatic N) is 3. The van der Waals surface area contributed by atoms with Crippen LogP contribution in [0.2, 0.25) is 0 Å². The maximum atomic E-state index is 13.6. The topological polar surface area (TPSA) is 77.0 Å². The van der Waals surface area contributed by atoms with E-state index in [0.717, 1.165) is 11.1 Å². The van der Waals surface area contributed by atoms with Crippen molar-refractivity contribution in [3.8, 4) is 17.0 Å². The van der Waals surface area contributed by atoms with Gasteiger partial charge in [-0.05, 0) is 48.7 Å². The van der Waals surface area contributed by atoms with Gasteiger partial charge in [-0.2, -0.15) is 0 Å². The lowest BCUT2D eigenvalue weighted by Crippen LogP contribution is -2.14. The molecule has 7 heteroatoms. The number of halogens is 1. The first-order valence-electron chi connectivity index (χ1n) is 8.42. The van der Waals surface area contributed by atoms with Gasteiger partial charge in [0.05, 0.1) is 12.8 Å². The van der Waals surface area contributed by atoms with E-state index in [2.05, 4.69) is 20.3 Å². The molecule has 3 rings (SSSR count). The van der Waals surface area contributed by atoms with Gasteiger partial charge >= 0.3 is 0 Å². The number of rotatable bonds is 6. The number of hydrogen-bond acceptors (Lipinski definition) is 5. The molecule has 2 aromatic heterocycles. The van der Waals surface area contributed by atoms with E-state index in [1.54, 1.807) is 30.6 Å². The summed E-state index contributed by atoms with van der Waals surface area (Å²) < 4.78 is 18.6. The first-order valence-corrected chi connectivity index (χ1v) is 8.42. The molecule has 0 aliphatic rings. The van der Waals surface area contributed by atoms with Crippen LogP contribution >= 0.6 is 0 Å². The quantitative estimate of drug-likeness (QED) is 0.722. The van der Waals surface area contributed by atoms with Crippen molar-refractivity contribution in [3.63, 3.8) is 0 Å². The molecule has 1 amide bonds. The van der Waals surface area contributed by atoms with Gasteiger partial charge < -0.3 is 10.1 Å². The summed E-state index contributed by atoms with van der Waals surface area (Å²) in [6, 6.07) is 8.01. The first-order chi connectivity index (χ1) is 13.1. The van der Waals surface area contributed by atoms with Crippen LogP contribution in [0.25, 0.3) is 11.3 Å². The summed E-state index contributed by atoms with van der Waals surface area (Å²) in [5.41, 5.74) is 3.36. The standard InChI is InChI=1S/C20H19FN4O2/c1-13-7-8-22-11-15(13)4-6-20(26)25-19-10-17(23-12-24-19)14-3-5-16(21)18(9-14)27-2/h3,5,7-12H,4,6H2,1-2H3,(H,23,24,25,26). The molecular formula is C20H19FN4O2. The molecular weight excluding hydrogens is 347 g/mol. The van der Waals surface area contributed by atoms with Crippen molar-refractivity contribution in [2.45, 2.75) is 19.8 Å². The second kappa shape index (κ2) is 8.35. The number of aryl methyl sites for hydroxylation is 2. The molecule has 0 fully saturated rings. The lowest BCUT2D eigenvalue weighted by molar-refractivity contribution is -0.116. The highest BCUT2D eigenvalue weighted by Crippen LogP contribution is 2.25. The molecule has 0 aliphatic carbocycles. The van der Waals surface area contributed by atoms with Crippen molar-refractivity contribution in [2.24, 2.45) is 0 Å². The Balaban J connectivity index is 1.68. The summed E-state index contributed by atoms with van der Waals surface area (Å²) in [7, 11) is 1.40. The van der Waals surface area contributed by atoms with Crippen molar-refractivity contribution in [1.82, 2.24) is 15.0 Å². The number of aromatic nitrogens is 3. The number of methoxy groups -OCH3 is 1. The fourth-order valence-electron chi connectivity index (χ4n) is 2.61. The van der Waals surface area contributed by atoms with Gasteiger partial charge in [-0.3, -0.25) is 9.78 Å². The smallest absolute Gasteiger partial charge is 0.225 e. The Morgan fingerprint density at radius 1 is 1.22 bits per heavy atom. The van der Waals surface area contributed by atoms with E-state index in [9.17, 15) is 9.18 Å². The van der Waals surface area contributed by atoms with Crippen LogP contribution in [0.15, 0.2) is 49.1 Å². The van der Waals surface area contributed by atoms with E-state index >= 15 is 0 Å². The highest BCUT2D eigenvalue weighted by molar-refractivity contribution is 5.90. The third kappa shape index (κ3) is 4.63. The zero-order valence-corrected chi connectivity index (χ0v) is 15.1. The number of ether oxygens (including phenoxy) is 1. The molecule has 0 radical (unpaired) electrons. The van der Waals surface area contributed by atoms with Gasteiger partial charge in [0.1, 0.15) is 12.1 Å². The number of hydrogen-bond donors (Lipinski definition) is 1. The molecule has 0 bridgehead atoms. The second-order valence-electron chi connectivity index (χ2n) is 5.99. The summed E-state index contributed by atoms with van der Waals surface area (Å²) >= 11 is 0. The molecule has 1 N–H and O–H groups in total. The van der Waals surface area contributed by atoms with Gasteiger partial charge in [0.25, 0.3) is 0 Å². The van der Waals surface area contributed by atoms with Crippen molar-refractivity contribution in [2.75, 3.05) is 12.4 Å². The van der Waals surface area contributed by atoms with E-state index in [4.69, 9.17) is 4.74 Å². The molecule has 1 aromatic carbocycles. The van der Waals surface area contributed by atoms with Crippen LogP contribution in [0.5, 0.6) is 5.75 Å². The van der Waals surface area contributed by atoms with Crippen LogP contribution in [-0.2, 0) is 11.2 Å². The van der Waals surface area contributed by atoms with E-state index in [0.29, 0.717) is 29.9 Å². The van der Waals surface area contributed by atoms with Crippen LogP contribution in [0, 0.1) is 12.7 Å². The normalized spacial score (nSPS) is 10.5. The number of pyridine rings is 1. The molecule has 2 heterocycles. The van der Waals surface area contributed by atoms with Crippen LogP contribution < -0.4 is 10.1 Å². The van der Waals surface area contributed by atoms with E-state index in [1.165, 1.54) is 19.5 Å². The number of benzene rings is 1. The SMILES string of the molecule is COc1cc(-c2cc(NC(=O)CCc3cnccc3C)ncn2)ccc1F. The third-order valence-electron chi connectivity index (χ3n) is 4.15. The molecule has 0 unspecified atom stereocenters. The molecule has 6 nitrogen and oxygen atoms in total. The lowest BCUT2D eigenvalue weighted by atomic mass is 10.1. The van der Waals surface area contributed by atoms with Gasteiger partial charge in [-0.15, -0.1) is 0 Å². The fraction of sp³-hybridized carbons (Fsp3) is 0.200. The molecule has 138 valence electrons. The van der Waals surface area contributed by atoms with Crippen molar-refractivity contribution in [1.29, 1.82) is 0 Å². The Kier molecular flexibility index (Phi) is 5.71. The van der Waals surface area contributed by atoms with Gasteiger partial charge in [0.2, 0.25) is 5.91 Å². The number of anilines is 1. The van der Waals surface area contributed by atoms with Crippen LogP contribution in [0.3, 0.4) is 0 Å². The lowest BCUT2D eigenvalue weighted by Gasteiger charge is -2.08. The first kappa shape index (κ1) is 18.4. The summed E-state index contributed by atoms with van der Waals surface area (Å²) in [5, 5.41) is 2.77. The molecule has 0 saturated carbocycles. The minimum Gasteiger partial charge on any atom is -0.494 e. The van der Waals surface area contributed by atoms with E-state index < -0.39 is 5.82 Å². The Hall–Kier alpha value is -3.35. The molecule has 0 spiro atoms. The van der Waals surface area contributed by atoms with Gasteiger partial charge in [0, 0.05) is 30.4 Å². The highest BCUT2D eigenvalue weighted by Gasteiger charge is 2.10. The Morgan fingerprint density at radius 2 is 2.07 bits per heavy atom. The Labute approximate surface area is 156 Å². The maximum Gasteiger partial charge on any atom is 0.225 e. The summed E-state index contributed by atoms with van der Waals surface area (Å²) in [4.78, 5) is 24.6. The second-order valence-corrected chi connectivity index (χ2v) is 5.99. The monoisotopic (exact) mass is 366 g/mol.